The van der Waals surface area contributed by atoms with E-state index < -0.39 is 33.9 Å². The van der Waals surface area contributed by atoms with E-state index in [1.807, 2.05) is 6.92 Å². The van der Waals surface area contributed by atoms with Crippen LogP contribution in [-0.4, -0.2) is 33.8 Å². The number of benzene rings is 2. The molecule has 1 atom stereocenters. The van der Waals surface area contributed by atoms with E-state index in [1.165, 1.54) is 16.7 Å². The molecule has 2 aromatic carbocycles. The fraction of sp³-hybridized carbons (Fsp3) is 0.240. The summed E-state index contributed by atoms with van der Waals surface area (Å²) in [6, 6.07) is 9.07. The molecule has 1 aromatic heterocycles. The van der Waals surface area contributed by atoms with Gasteiger partial charge in [0, 0.05) is 6.07 Å². The van der Waals surface area contributed by atoms with Gasteiger partial charge < -0.3 is 14.6 Å². The number of allylic oxidation sites excluding steroid dienone is 1. The van der Waals surface area contributed by atoms with Gasteiger partial charge in [-0.2, -0.15) is 0 Å². The van der Waals surface area contributed by atoms with Gasteiger partial charge in [-0.3, -0.25) is 19.5 Å². The number of aromatic nitrogens is 1. The van der Waals surface area contributed by atoms with Crippen molar-refractivity contribution in [2.75, 3.05) is 13.2 Å². The van der Waals surface area contributed by atoms with Gasteiger partial charge in [-0.15, -0.1) is 0 Å². The van der Waals surface area contributed by atoms with Crippen LogP contribution in [0.15, 0.2) is 57.5 Å². The Kier molecular flexibility index (Phi) is 7.78. The average molecular weight is 635 g/mol. The van der Waals surface area contributed by atoms with Crippen LogP contribution in [0.3, 0.4) is 0 Å². The Balaban J connectivity index is 1.93. The summed E-state index contributed by atoms with van der Waals surface area (Å²) in [5.74, 6) is -0.351. The number of rotatable bonds is 7. The van der Waals surface area contributed by atoms with Gasteiger partial charge in [-0.1, -0.05) is 23.5 Å². The molecule has 3 aromatic rings. The summed E-state index contributed by atoms with van der Waals surface area (Å²) in [5.41, 5.74) is 0.849. The third kappa shape index (κ3) is 5.16. The lowest BCUT2D eigenvalue weighted by atomic mass is 9.96. The van der Waals surface area contributed by atoms with Crippen LogP contribution in [-0.2, 0) is 9.53 Å². The molecular formula is C25H22IN3O7S. The van der Waals surface area contributed by atoms with E-state index in [1.54, 1.807) is 66.8 Å². The second kappa shape index (κ2) is 10.8. The molecule has 0 spiro atoms. The molecule has 2 heterocycles. The molecule has 192 valence electrons. The van der Waals surface area contributed by atoms with Crippen molar-refractivity contribution in [1.82, 2.24) is 4.57 Å². The van der Waals surface area contributed by atoms with E-state index in [0.29, 0.717) is 34.0 Å². The number of hydrogen-bond acceptors (Lipinski definition) is 9. The monoisotopic (exact) mass is 635 g/mol. The molecule has 0 radical (unpaired) electrons. The van der Waals surface area contributed by atoms with Crippen molar-refractivity contribution in [1.29, 1.82) is 0 Å². The summed E-state index contributed by atoms with van der Waals surface area (Å²) in [6.07, 6.45) is 1.51. The number of carbonyl (C=O) groups is 1. The minimum Gasteiger partial charge on any atom is -0.501 e. The first-order chi connectivity index (χ1) is 17.7. The van der Waals surface area contributed by atoms with Crippen molar-refractivity contribution in [3.8, 4) is 11.5 Å². The minimum atomic E-state index is -0.789. The molecule has 0 saturated heterocycles. The number of thiazole rings is 1. The van der Waals surface area contributed by atoms with Crippen molar-refractivity contribution in [2.24, 2.45) is 4.99 Å². The summed E-state index contributed by atoms with van der Waals surface area (Å²) in [6.45, 7) is 5.93. The summed E-state index contributed by atoms with van der Waals surface area (Å²) in [5, 5.41) is 21.4. The molecule has 0 fully saturated rings. The van der Waals surface area contributed by atoms with Gasteiger partial charge in [0.25, 0.3) is 5.56 Å². The highest BCUT2D eigenvalue weighted by Crippen LogP contribution is 2.33. The largest absolute Gasteiger partial charge is 0.501 e. The van der Waals surface area contributed by atoms with Crippen LogP contribution in [0.1, 0.15) is 37.9 Å². The number of phenols is 1. The van der Waals surface area contributed by atoms with Crippen LogP contribution < -0.4 is 19.6 Å². The average Bonchev–Trinajstić information content (AvgIpc) is 3.15. The lowest BCUT2D eigenvalue weighted by Crippen LogP contribution is -2.39. The quantitative estimate of drug-likeness (QED) is 0.182. The standard InChI is InChI=1S/C25H22IN3O7S/c1-4-35-16-8-6-15(7-9-16)21-20(24(32)36-5-2)13(3)27-25-28(21)23(31)19(37-25)12-14-10-17(26)22(30)18(11-14)29(33)34/h6-12,21,30H,4-5H2,1-3H3/b19-12-/t21-/m0/s1. The molecule has 1 N–H and O–H groups in total. The zero-order valence-electron chi connectivity index (χ0n) is 20.1. The smallest absolute Gasteiger partial charge is 0.338 e. The second-order valence-electron chi connectivity index (χ2n) is 7.93. The van der Waals surface area contributed by atoms with Crippen LogP contribution in [0, 0.1) is 13.7 Å². The van der Waals surface area contributed by atoms with E-state index in [0.717, 1.165) is 11.3 Å². The Hall–Kier alpha value is -3.52. The normalized spacial score (nSPS) is 15.2. The number of aromatic hydroxyl groups is 1. The Bertz CT molecular complexity index is 1610. The fourth-order valence-corrected chi connectivity index (χ4v) is 5.68. The van der Waals surface area contributed by atoms with E-state index in [-0.39, 0.29) is 20.3 Å². The van der Waals surface area contributed by atoms with Crippen molar-refractivity contribution in [3.63, 3.8) is 0 Å². The number of phenolic OH excluding ortho intramolecular Hbond substituents is 1. The van der Waals surface area contributed by atoms with E-state index in [9.17, 15) is 24.8 Å². The van der Waals surface area contributed by atoms with E-state index >= 15 is 0 Å². The molecule has 0 aliphatic carbocycles. The number of ether oxygens (including phenoxy) is 2. The molecule has 1 aliphatic heterocycles. The summed E-state index contributed by atoms with van der Waals surface area (Å²) in [7, 11) is 0. The lowest BCUT2D eigenvalue weighted by Gasteiger charge is -2.24. The van der Waals surface area contributed by atoms with Gasteiger partial charge in [0.15, 0.2) is 4.80 Å². The van der Waals surface area contributed by atoms with Gasteiger partial charge in [-0.25, -0.2) is 9.79 Å². The topological polar surface area (TPSA) is 133 Å². The van der Waals surface area contributed by atoms with Crippen molar-refractivity contribution < 1.29 is 24.3 Å². The van der Waals surface area contributed by atoms with Crippen molar-refractivity contribution >= 4 is 51.7 Å². The number of nitro groups is 1. The highest BCUT2D eigenvalue weighted by atomic mass is 127. The molecule has 0 bridgehead atoms. The number of nitrogens with zero attached hydrogens (tertiary/aromatic N) is 3. The van der Waals surface area contributed by atoms with Gasteiger partial charge in [-0.05, 0) is 78.8 Å². The summed E-state index contributed by atoms with van der Waals surface area (Å²) < 4.78 is 12.8. The maximum absolute atomic E-state index is 13.7. The van der Waals surface area contributed by atoms with Gasteiger partial charge in [0.1, 0.15) is 5.75 Å². The molecule has 4 rings (SSSR count). The van der Waals surface area contributed by atoms with Crippen molar-refractivity contribution in [2.45, 2.75) is 26.8 Å². The summed E-state index contributed by atoms with van der Waals surface area (Å²) >= 11 is 2.90. The SMILES string of the molecule is CCOC(=O)C1=C(C)N=c2s/c(=C\c3cc(I)c(O)c([N+](=O)[O-])c3)c(=O)n2[C@H]1c1ccc(OCC)cc1. The number of carbonyl (C=O) groups excluding carboxylic acids is 1. The highest BCUT2D eigenvalue weighted by molar-refractivity contribution is 14.1. The van der Waals surface area contributed by atoms with E-state index in [2.05, 4.69) is 4.99 Å². The number of esters is 1. The zero-order chi connectivity index (χ0) is 26.9. The number of halogens is 1. The lowest BCUT2D eigenvalue weighted by molar-refractivity contribution is -0.386. The predicted molar refractivity (Wildman–Crippen MR) is 145 cm³/mol. The maximum Gasteiger partial charge on any atom is 0.338 e. The fourth-order valence-electron chi connectivity index (χ4n) is 4.00. The Morgan fingerprint density at radius 3 is 2.59 bits per heavy atom. The summed E-state index contributed by atoms with van der Waals surface area (Å²) in [4.78, 5) is 42.2. The van der Waals surface area contributed by atoms with Crippen LogP contribution in [0.25, 0.3) is 6.08 Å². The van der Waals surface area contributed by atoms with Gasteiger partial charge in [0.2, 0.25) is 5.75 Å². The Morgan fingerprint density at radius 2 is 1.97 bits per heavy atom. The van der Waals surface area contributed by atoms with Gasteiger partial charge in [0.05, 0.1) is 43.6 Å². The third-order valence-corrected chi connectivity index (χ3v) is 7.39. The maximum atomic E-state index is 13.7. The zero-order valence-corrected chi connectivity index (χ0v) is 23.0. The molecule has 0 amide bonds. The Labute approximate surface area is 228 Å². The predicted octanol–water partition coefficient (Wildman–Crippen LogP) is 3.42. The number of fused-ring (bicyclic) bond motifs is 1. The first-order valence-corrected chi connectivity index (χ1v) is 13.1. The molecular weight excluding hydrogens is 613 g/mol. The van der Waals surface area contributed by atoms with Crippen LogP contribution >= 0.6 is 33.9 Å². The van der Waals surface area contributed by atoms with Crippen LogP contribution in [0.2, 0.25) is 0 Å². The van der Waals surface area contributed by atoms with E-state index in [4.69, 9.17) is 9.47 Å². The molecule has 12 heteroatoms. The minimum absolute atomic E-state index is 0.161. The van der Waals surface area contributed by atoms with Gasteiger partial charge >= 0.3 is 11.7 Å². The molecule has 37 heavy (non-hydrogen) atoms. The van der Waals surface area contributed by atoms with Crippen molar-refractivity contribution in [3.05, 3.63) is 92.2 Å². The molecule has 1 aliphatic rings. The number of hydrogen-bond donors (Lipinski definition) is 1. The van der Waals surface area contributed by atoms with Crippen LogP contribution in [0.5, 0.6) is 11.5 Å². The number of nitro benzene ring substituents is 1. The molecule has 10 nitrogen and oxygen atoms in total. The first kappa shape index (κ1) is 26.5. The first-order valence-electron chi connectivity index (χ1n) is 11.3. The van der Waals surface area contributed by atoms with Crippen LogP contribution in [0.4, 0.5) is 5.69 Å². The second-order valence-corrected chi connectivity index (χ2v) is 10.1. The molecule has 0 unspecified atom stereocenters. The third-order valence-electron chi connectivity index (χ3n) is 5.58. The molecule has 0 saturated carbocycles. The Morgan fingerprint density at radius 1 is 1.27 bits per heavy atom. The highest BCUT2D eigenvalue weighted by Gasteiger charge is 2.33.